The van der Waals surface area contributed by atoms with Crippen LogP contribution in [0.5, 0.6) is 0 Å². The largest absolute Gasteiger partial charge is 0.334 e. The van der Waals surface area contributed by atoms with Gasteiger partial charge in [0.25, 0.3) is 5.89 Å². The van der Waals surface area contributed by atoms with Crippen LogP contribution in [0.25, 0.3) is 17.1 Å². The molecule has 0 N–H and O–H groups in total. The Kier molecular flexibility index (Phi) is 3.56. The molecule has 3 heterocycles. The van der Waals surface area contributed by atoms with Crippen molar-refractivity contribution in [2.24, 2.45) is 0 Å². The number of nitrogens with zero attached hydrogens (tertiary/aromatic N) is 7. The van der Waals surface area contributed by atoms with E-state index in [9.17, 15) is 0 Å². The molecule has 0 bridgehead atoms. The smallest absolute Gasteiger partial charge is 0.257 e. The first-order valence-electron chi connectivity index (χ1n) is 8.85. The van der Waals surface area contributed by atoms with E-state index in [0.717, 1.165) is 41.9 Å². The van der Waals surface area contributed by atoms with E-state index < -0.39 is 0 Å². The standard InChI is InChI=1S/C19H17N7O/c1-13-11-14(3-4-16(13)26-12-21-24-25-26)17-22-18(23-27-17)19(7-2-8-19)15-5-9-20-10-6-15/h3-6,9-12H,2,7-8H2,1H3. The molecule has 0 unspecified atom stereocenters. The topological polar surface area (TPSA) is 95.4 Å². The Morgan fingerprint density at radius 3 is 2.63 bits per heavy atom. The average molecular weight is 359 g/mol. The summed E-state index contributed by atoms with van der Waals surface area (Å²) < 4.78 is 7.25. The zero-order valence-electron chi connectivity index (χ0n) is 14.8. The van der Waals surface area contributed by atoms with Crippen LogP contribution in [0.4, 0.5) is 0 Å². The molecule has 8 nitrogen and oxygen atoms in total. The third-order valence-electron chi connectivity index (χ3n) is 5.33. The summed E-state index contributed by atoms with van der Waals surface area (Å²) >= 11 is 0. The summed E-state index contributed by atoms with van der Waals surface area (Å²) in [6.45, 7) is 2.00. The van der Waals surface area contributed by atoms with Gasteiger partial charge in [-0.1, -0.05) is 11.6 Å². The molecule has 0 spiro atoms. The molecule has 1 aliphatic rings. The van der Waals surface area contributed by atoms with E-state index in [-0.39, 0.29) is 5.41 Å². The van der Waals surface area contributed by atoms with Crippen molar-refractivity contribution < 1.29 is 4.52 Å². The third kappa shape index (κ3) is 2.52. The Hall–Kier alpha value is -3.42. The molecule has 1 aromatic carbocycles. The molecular formula is C19H17N7O. The minimum absolute atomic E-state index is 0.161. The van der Waals surface area contributed by atoms with Crippen LogP contribution < -0.4 is 0 Å². The number of benzene rings is 1. The maximum atomic E-state index is 5.62. The van der Waals surface area contributed by atoms with Gasteiger partial charge in [-0.3, -0.25) is 4.98 Å². The summed E-state index contributed by atoms with van der Waals surface area (Å²) in [6, 6.07) is 9.99. The van der Waals surface area contributed by atoms with Crippen LogP contribution in [0.1, 0.15) is 36.2 Å². The van der Waals surface area contributed by atoms with Gasteiger partial charge in [0.1, 0.15) is 6.33 Å². The van der Waals surface area contributed by atoms with E-state index in [1.54, 1.807) is 11.0 Å². The van der Waals surface area contributed by atoms with Crippen LogP contribution in [0.15, 0.2) is 53.6 Å². The lowest BCUT2D eigenvalue weighted by Gasteiger charge is -2.39. The SMILES string of the molecule is Cc1cc(-c2nc(C3(c4ccncc4)CCC3)no2)ccc1-n1cnnn1. The molecule has 0 atom stereocenters. The first-order valence-corrected chi connectivity index (χ1v) is 8.85. The van der Waals surface area contributed by atoms with Crippen LogP contribution in [-0.4, -0.2) is 35.3 Å². The summed E-state index contributed by atoms with van der Waals surface area (Å²) in [4.78, 5) is 8.86. The second-order valence-corrected chi connectivity index (χ2v) is 6.85. The number of aryl methyl sites for hydroxylation is 1. The number of hydrogen-bond acceptors (Lipinski definition) is 7. The predicted molar refractivity (Wildman–Crippen MR) is 96.1 cm³/mol. The zero-order chi connectivity index (χ0) is 18.3. The normalized spacial score (nSPS) is 15.4. The molecule has 3 aromatic heterocycles. The number of aromatic nitrogens is 7. The van der Waals surface area contributed by atoms with Crippen LogP contribution in [0.2, 0.25) is 0 Å². The molecule has 0 aliphatic heterocycles. The molecular weight excluding hydrogens is 342 g/mol. The van der Waals surface area contributed by atoms with Gasteiger partial charge in [-0.2, -0.15) is 4.98 Å². The van der Waals surface area contributed by atoms with Gasteiger partial charge < -0.3 is 4.52 Å². The monoisotopic (exact) mass is 359 g/mol. The highest BCUT2D eigenvalue weighted by Crippen LogP contribution is 2.47. The van der Waals surface area contributed by atoms with Crippen LogP contribution in [0.3, 0.4) is 0 Å². The van der Waals surface area contributed by atoms with Crippen molar-refractivity contribution in [2.45, 2.75) is 31.6 Å². The van der Waals surface area contributed by atoms with E-state index in [0.29, 0.717) is 5.89 Å². The lowest BCUT2D eigenvalue weighted by molar-refractivity contribution is 0.272. The fourth-order valence-corrected chi connectivity index (χ4v) is 3.69. The fourth-order valence-electron chi connectivity index (χ4n) is 3.69. The number of tetrazole rings is 1. The maximum absolute atomic E-state index is 5.62. The van der Waals surface area contributed by atoms with Gasteiger partial charge >= 0.3 is 0 Å². The van der Waals surface area contributed by atoms with Crippen molar-refractivity contribution >= 4 is 0 Å². The molecule has 27 heavy (non-hydrogen) atoms. The van der Waals surface area contributed by atoms with E-state index in [1.807, 2.05) is 49.6 Å². The van der Waals surface area contributed by atoms with E-state index in [1.165, 1.54) is 5.56 Å². The first-order chi connectivity index (χ1) is 13.3. The summed E-state index contributed by atoms with van der Waals surface area (Å²) in [6.07, 6.45) is 8.41. The van der Waals surface area contributed by atoms with E-state index >= 15 is 0 Å². The lowest BCUT2D eigenvalue weighted by Crippen LogP contribution is -2.36. The van der Waals surface area contributed by atoms with Crippen molar-refractivity contribution in [3.63, 3.8) is 0 Å². The summed E-state index contributed by atoms with van der Waals surface area (Å²) in [5, 5.41) is 15.6. The number of rotatable bonds is 4. The minimum atomic E-state index is -0.161. The molecule has 0 radical (unpaired) electrons. The Balaban J connectivity index is 1.50. The van der Waals surface area contributed by atoms with Crippen molar-refractivity contribution in [3.05, 3.63) is 66.0 Å². The van der Waals surface area contributed by atoms with Crippen molar-refractivity contribution in [1.29, 1.82) is 0 Å². The van der Waals surface area contributed by atoms with Crippen LogP contribution in [0, 0.1) is 6.92 Å². The quantitative estimate of drug-likeness (QED) is 0.553. The Bertz CT molecular complexity index is 1070. The summed E-state index contributed by atoms with van der Waals surface area (Å²) in [7, 11) is 0. The third-order valence-corrected chi connectivity index (χ3v) is 5.33. The van der Waals surface area contributed by atoms with Crippen LogP contribution >= 0.6 is 0 Å². The molecule has 134 valence electrons. The molecule has 5 rings (SSSR count). The van der Waals surface area contributed by atoms with Gasteiger partial charge in [0, 0.05) is 18.0 Å². The van der Waals surface area contributed by atoms with Gasteiger partial charge in [-0.05, 0) is 71.7 Å². The van der Waals surface area contributed by atoms with E-state index in [2.05, 4.69) is 25.7 Å². The van der Waals surface area contributed by atoms with Crippen LogP contribution in [-0.2, 0) is 5.41 Å². The van der Waals surface area contributed by atoms with Gasteiger partial charge in [0.15, 0.2) is 5.82 Å². The highest BCUT2D eigenvalue weighted by Gasteiger charge is 2.44. The Morgan fingerprint density at radius 2 is 1.96 bits per heavy atom. The molecule has 0 amide bonds. The maximum Gasteiger partial charge on any atom is 0.257 e. The van der Waals surface area contributed by atoms with Gasteiger partial charge in [0.2, 0.25) is 0 Å². The molecule has 1 fully saturated rings. The van der Waals surface area contributed by atoms with Gasteiger partial charge in [-0.15, -0.1) is 5.10 Å². The summed E-state index contributed by atoms with van der Waals surface area (Å²) in [5.74, 6) is 1.27. The highest BCUT2D eigenvalue weighted by atomic mass is 16.5. The second-order valence-electron chi connectivity index (χ2n) is 6.85. The lowest BCUT2D eigenvalue weighted by atomic mass is 9.64. The summed E-state index contributed by atoms with van der Waals surface area (Å²) in [5.41, 5.74) is 3.85. The first kappa shape index (κ1) is 15.8. The van der Waals surface area contributed by atoms with Crippen molar-refractivity contribution in [1.82, 2.24) is 35.3 Å². The van der Waals surface area contributed by atoms with Crippen molar-refractivity contribution in [3.8, 4) is 17.1 Å². The van der Waals surface area contributed by atoms with Crippen molar-refractivity contribution in [2.75, 3.05) is 0 Å². The number of pyridine rings is 1. The fraction of sp³-hybridized carbons (Fsp3) is 0.263. The highest BCUT2D eigenvalue weighted by molar-refractivity contribution is 5.58. The second kappa shape index (κ2) is 6.08. The minimum Gasteiger partial charge on any atom is -0.334 e. The Morgan fingerprint density at radius 1 is 1.11 bits per heavy atom. The van der Waals surface area contributed by atoms with Gasteiger partial charge in [-0.25, -0.2) is 4.68 Å². The Labute approximate surface area is 155 Å². The molecule has 8 heteroatoms. The van der Waals surface area contributed by atoms with E-state index in [4.69, 9.17) is 9.51 Å². The van der Waals surface area contributed by atoms with Gasteiger partial charge in [0.05, 0.1) is 11.1 Å². The molecule has 4 aromatic rings. The molecule has 1 aliphatic carbocycles. The molecule has 0 saturated heterocycles. The zero-order valence-corrected chi connectivity index (χ0v) is 14.8. The molecule has 1 saturated carbocycles. The average Bonchev–Trinajstić information content (AvgIpc) is 3.34. The number of hydrogen-bond donors (Lipinski definition) is 0. The predicted octanol–water partition coefficient (Wildman–Crippen LogP) is 2.89.